The maximum atomic E-state index is 5.87. The third-order valence-electron chi connectivity index (χ3n) is 2.92. The summed E-state index contributed by atoms with van der Waals surface area (Å²) in [5.41, 5.74) is 8.19. The summed E-state index contributed by atoms with van der Waals surface area (Å²) in [5, 5.41) is 0.417. The van der Waals surface area contributed by atoms with Crippen LogP contribution in [0.25, 0.3) is 11.1 Å². The molecule has 1 aliphatic heterocycles. The highest BCUT2D eigenvalue weighted by Gasteiger charge is 2.21. The second kappa shape index (κ2) is 4.01. The molecule has 3 nitrogen and oxygen atoms in total. The summed E-state index contributed by atoms with van der Waals surface area (Å²) in [6.45, 7) is 0. The molecule has 2 aromatic rings. The molecule has 0 spiro atoms. The fourth-order valence-corrected chi connectivity index (χ4v) is 3.29. The number of oxazole rings is 1. The van der Waals surface area contributed by atoms with Gasteiger partial charge in [-0.05, 0) is 30.7 Å². The number of hydrogen-bond donors (Lipinski definition) is 1. The van der Waals surface area contributed by atoms with Crippen molar-refractivity contribution in [2.24, 2.45) is 0 Å². The molecule has 16 heavy (non-hydrogen) atoms. The maximum Gasteiger partial charge on any atom is 0.208 e. The molecule has 0 aliphatic carbocycles. The highest BCUT2D eigenvalue weighted by Crippen LogP contribution is 2.39. The van der Waals surface area contributed by atoms with E-state index in [0.717, 1.165) is 23.4 Å². The first-order chi connectivity index (χ1) is 7.84. The van der Waals surface area contributed by atoms with Crippen molar-refractivity contribution in [3.8, 4) is 0 Å². The maximum absolute atomic E-state index is 5.87. The van der Waals surface area contributed by atoms with Gasteiger partial charge in [0.15, 0.2) is 5.58 Å². The minimum Gasteiger partial charge on any atom is -0.439 e. The van der Waals surface area contributed by atoms with E-state index in [2.05, 4.69) is 4.98 Å². The molecule has 0 radical (unpaired) electrons. The van der Waals surface area contributed by atoms with Gasteiger partial charge >= 0.3 is 0 Å². The first-order valence-electron chi connectivity index (χ1n) is 5.61. The summed E-state index contributed by atoms with van der Waals surface area (Å²) in [6, 6.07) is 5.69. The van der Waals surface area contributed by atoms with Crippen LogP contribution in [0.4, 0.5) is 5.69 Å². The molecule has 0 bridgehead atoms. The third-order valence-corrected chi connectivity index (χ3v) is 4.29. The summed E-state index contributed by atoms with van der Waals surface area (Å²) >= 11 is 1.94. The van der Waals surface area contributed by atoms with Crippen LogP contribution in [-0.2, 0) is 0 Å². The fourth-order valence-electron chi connectivity index (χ4n) is 2.06. The van der Waals surface area contributed by atoms with Gasteiger partial charge in [-0.1, -0.05) is 12.5 Å². The number of fused-ring (bicyclic) bond motifs is 1. The van der Waals surface area contributed by atoms with Gasteiger partial charge in [0.25, 0.3) is 0 Å². The Balaban J connectivity index is 2.01. The summed E-state index contributed by atoms with van der Waals surface area (Å²) < 4.78 is 5.78. The normalized spacial score (nSPS) is 21.4. The molecule has 1 unspecified atom stereocenters. The minimum absolute atomic E-state index is 0.417. The Morgan fingerprint density at radius 3 is 3.06 bits per heavy atom. The van der Waals surface area contributed by atoms with Gasteiger partial charge in [0, 0.05) is 0 Å². The lowest BCUT2D eigenvalue weighted by atomic mass is 10.2. The van der Waals surface area contributed by atoms with Gasteiger partial charge in [0.1, 0.15) is 5.52 Å². The lowest BCUT2D eigenvalue weighted by Gasteiger charge is -2.17. The predicted octanol–water partition coefficient (Wildman–Crippen LogP) is 3.37. The molecule has 1 aromatic heterocycles. The fraction of sp³-hybridized carbons (Fsp3) is 0.417. The lowest BCUT2D eigenvalue weighted by Crippen LogP contribution is -2.02. The monoisotopic (exact) mass is 234 g/mol. The van der Waals surface area contributed by atoms with Crippen molar-refractivity contribution in [3.63, 3.8) is 0 Å². The zero-order chi connectivity index (χ0) is 11.0. The topological polar surface area (TPSA) is 52.0 Å². The van der Waals surface area contributed by atoms with Crippen LogP contribution in [0.1, 0.15) is 30.4 Å². The standard InChI is InChI=1S/C12H14N2OS/c13-8-4-3-5-9-11(8)14-12(15-9)10-6-1-2-7-16-10/h3-5,10H,1-2,6-7,13H2. The van der Waals surface area contributed by atoms with Crippen molar-refractivity contribution < 1.29 is 4.42 Å². The van der Waals surface area contributed by atoms with Gasteiger partial charge < -0.3 is 10.2 Å². The Kier molecular flexibility index (Phi) is 2.52. The number of aromatic nitrogens is 1. The van der Waals surface area contributed by atoms with Crippen molar-refractivity contribution in [2.75, 3.05) is 11.5 Å². The van der Waals surface area contributed by atoms with E-state index in [4.69, 9.17) is 10.2 Å². The van der Waals surface area contributed by atoms with Gasteiger partial charge in [-0.3, -0.25) is 0 Å². The Morgan fingerprint density at radius 2 is 2.31 bits per heavy atom. The molecule has 1 saturated heterocycles. The Labute approximate surface area is 98.4 Å². The number of benzene rings is 1. The molecule has 4 heteroatoms. The average molecular weight is 234 g/mol. The quantitative estimate of drug-likeness (QED) is 0.769. The minimum atomic E-state index is 0.417. The molecule has 0 amide bonds. The van der Waals surface area contributed by atoms with E-state index < -0.39 is 0 Å². The summed E-state index contributed by atoms with van der Waals surface area (Å²) in [4.78, 5) is 4.52. The van der Waals surface area contributed by atoms with Gasteiger partial charge in [-0.25, -0.2) is 4.98 Å². The number of nitrogens with two attached hydrogens (primary N) is 1. The summed E-state index contributed by atoms with van der Waals surface area (Å²) in [7, 11) is 0. The summed E-state index contributed by atoms with van der Waals surface area (Å²) in [5.74, 6) is 2.05. The zero-order valence-electron chi connectivity index (χ0n) is 8.98. The number of para-hydroxylation sites is 1. The zero-order valence-corrected chi connectivity index (χ0v) is 9.80. The second-order valence-corrected chi connectivity index (χ2v) is 5.41. The highest BCUT2D eigenvalue weighted by molar-refractivity contribution is 7.99. The molecule has 1 fully saturated rings. The first-order valence-corrected chi connectivity index (χ1v) is 6.66. The van der Waals surface area contributed by atoms with Crippen molar-refractivity contribution in [1.82, 2.24) is 4.98 Å². The van der Waals surface area contributed by atoms with Crippen molar-refractivity contribution >= 4 is 28.5 Å². The van der Waals surface area contributed by atoms with Crippen LogP contribution in [0.15, 0.2) is 22.6 Å². The van der Waals surface area contributed by atoms with Crippen LogP contribution in [0.5, 0.6) is 0 Å². The Hall–Kier alpha value is -1.16. The second-order valence-electron chi connectivity index (χ2n) is 4.10. The number of rotatable bonds is 1. The molecular weight excluding hydrogens is 220 g/mol. The first kappa shape index (κ1) is 10.0. The van der Waals surface area contributed by atoms with Crippen LogP contribution >= 0.6 is 11.8 Å². The number of nitrogens with zero attached hydrogens (tertiary/aromatic N) is 1. The predicted molar refractivity (Wildman–Crippen MR) is 67.5 cm³/mol. The number of nitrogen functional groups attached to an aromatic ring is 1. The van der Waals surface area contributed by atoms with Gasteiger partial charge in [0.2, 0.25) is 5.89 Å². The van der Waals surface area contributed by atoms with Crippen molar-refractivity contribution in [3.05, 3.63) is 24.1 Å². The van der Waals surface area contributed by atoms with E-state index in [0.29, 0.717) is 10.9 Å². The van der Waals surface area contributed by atoms with E-state index in [9.17, 15) is 0 Å². The Morgan fingerprint density at radius 1 is 1.38 bits per heavy atom. The van der Waals surface area contributed by atoms with Crippen LogP contribution in [0, 0.1) is 0 Å². The number of hydrogen-bond acceptors (Lipinski definition) is 4. The molecule has 1 aromatic carbocycles. The van der Waals surface area contributed by atoms with Crippen LogP contribution in [0.2, 0.25) is 0 Å². The van der Waals surface area contributed by atoms with E-state index in [-0.39, 0.29) is 0 Å². The Bertz CT molecular complexity index is 503. The third kappa shape index (κ3) is 1.67. The highest BCUT2D eigenvalue weighted by atomic mass is 32.2. The molecular formula is C12H14N2OS. The van der Waals surface area contributed by atoms with E-state index >= 15 is 0 Å². The van der Waals surface area contributed by atoms with Crippen LogP contribution < -0.4 is 5.73 Å². The SMILES string of the molecule is Nc1cccc2oc(C3CCCCS3)nc12. The smallest absolute Gasteiger partial charge is 0.208 e. The van der Waals surface area contributed by atoms with Crippen LogP contribution in [0.3, 0.4) is 0 Å². The van der Waals surface area contributed by atoms with E-state index in [1.807, 2.05) is 30.0 Å². The summed E-state index contributed by atoms with van der Waals surface area (Å²) in [6.07, 6.45) is 3.74. The molecule has 2 N–H and O–H groups in total. The van der Waals surface area contributed by atoms with Gasteiger partial charge in [-0.2, -0.15) is 0 Å². The number of thioether (sulfide) groups is 1. The molecule has 2 heterocycles. The van der Waals surface area contributed by atoms with E-state index in [1.165, 1.54) is 18.6 Å². The largest absolute Gasteiger partial charge is 0.439 e. The van der Waals surface area contributed by atoms with E-state index in [1.54, 1.807) is 0 Å². The lowest BCUT2D eigenvalue weighted by molar-refractivity contribution is 0.501. The van der Waals surface area contributed by atoms with Gasteiger partial charge in [0.05, 0.1) is 10.9 Å². The van der Waals surface area contributed by atoms with Crippen LogP contribution in [-0.4, -0.2) is 10.7 Å². The van der Waals surface area contributed by atoms with Crippen molar-refractivity contribution in [1.29, 1.82) is 0 Å². The molecule has 3 rings (SSSR count). The molecule has 0 saturated carbocycles. The average Bonchev–Trinajstić information content (AvgIpc) is 2.76. The number of anilines is 1. The molecule has 84 valence electrons. The van der Waals surface area contributed by atoms with Crippen molar-refractivity contribution in [2.45, 2.75) is 24.5 Å². The van der Waals surface area contributed by atoms with Gasteiger partial charge in [-0.15, -0.1) is 11.8 Å². The molecule has 1 atom stereocenters. The molecule has 1 aliphatic rings.